The Kier molecular flexibility index (Phi) is 4.50. The van der Waals surface area contributed by atoms with Gasteiger partial charge in [0.2, 0.25) is 0 Å². The Hall–Kier alpha value is -2.36. The fourth-order valence-corrected chi connectivity index (χ4v) is 1.61. The zero-order valence-corrected chi connectivity index (χ0v) is 10.7. The summed E-state index contributed by atoms with van der Waals surface area (Å²) in [7, 11) is 0. The van der Waals surface area contributed by atoms with Crippen LogP contribution in [0.25, 0.3) is 0 Å². The van der Waals surface area contributed by atoms with Crippen molar-refractivity contribution in [1.82, 2.24) is 0 Å². The summed E-state index contributed by atoms with van der Waals surface area (Å²) in [6, 6.07) is 14.7. The van der Waals surface area contributed by atoms with Crippen LogP contribution in [0.4, 0.5) is 11.4 Å². The predicted octanol–water partition coefficient (Wildman–Crippen LogP) is 2.70. The Balaban J connectivity index is 1.66. The quantitative estimate of drug-likeness (QED) is 0.617. The molecule has 0 aromatic heterocycles. The average molecular weight is 258 g/mol. The Bertz CT molecular complexity index is 512. The van der Waals surface area contributed by atoms with Crippen LogP contribution in [-0.2, 0) is 0 Å². The van der Waals surface area contributed by atoms with Crippen LogP contribution in [0.5, 0.6) is 11.5 Å². The van der Waals surface area contributed by atoms with Gasteiger partial charge in [0.1, 0.15) is 11.5 Å². The SMILES string of the molecule is Nc1ccc(OCCCOc2cccc(N)c2)cc1. The monoisotopic (exact) mass is 258 g/mol. The third kappa shape index (κ3) is 4.43. The third-order valence-corrected chi connectivity index (χ3v) is 2.56. The van der Waals surface area contributed by atoms with Gasteiger partial charge in [-0.05, 0) is 36.4 Å². The minimum atomic E-state index is 0.596. The van der Waals surface area contributed by atoms with Gasteiger partial charge >= 0.3 is 0 Å². The second kappa shape index (κ2) is 6.54. The molecule has 0 heterocycles. The minimum absolute atomic E-state index is 0.596. The lowest BCUT2D eigenvalue weighted by atomic mass is 10.3. The lowest BCUT2D eigenvalue weighted by Crippen LogP contribution is -2.05. The lowest BCUT2D eigenvalue weighted by molar-refractivity contribution is 0.247. The summed E-state index contributed by atoms with van der Waals surface area (Å²) in [6.07, 6.45) is 0.805. The van der Waals surface area contributed by atoms with E-state index in [1.807, 2.05) is 42.5 Å². The summed E-state index contributed by atoms with van der Waals surface area (Å²) in [5.74, 6) is 1.60. The first-order valence-corrected chi connectivity index (χ1v) is 6.21. The number of benzene rings is 2. The molecule has 0 bridgehead atoms. The van der Waals surface area contributed by atoms with Gasteiger partial charge in [0.15, 0.2) is 0 Å². The van der Waals surface area contributed by atoms with Crippen LogP contribution in [0.15, 0.2) is 48.5 Å². The maximum absolute atomic E-state index is 5.66. The number of hydrogen-bond donors (Lipinski definition) is 2. The molecule has 0 saturated heterocycles. The minimum Gasteiger partial charge on any atom is -0.493 e. The molecule has 0 unspecified atom stereocenters. The second-order valence-electron chi connectivity index (χ2n) is 4.19. The molecule has 0 aliphatic carbocycles. The number of hydrogen-bond acceptors (Lipinski definition) is 4. The van der Waals surface area contributed by atoms with Crippen LogP contribution in [0.2, 0.25) is 0 Å². The molecule has 0 atom stereocenters. The fraction of sp³-hybridized carbons (Fsp3) is 0.200. The van der Waals surface area contributed by atoms with E-state index in [1.165, 1.54) is 0 Å². The first-order chi connectivity index (χ1) is 9.24. The van der Waals surface area contributed by atoms with Crippen molar-refractivity contribution in [3.05, 3.63) is 48.5 Å². The summed E-state index contributed by atoms with van der Waals surface area (Å²) >= 11 is 0. The molecule has 19 heavy (non-hydrogen) atoms. The molecular weight excluding hydrogens is 240 g/mol. The van der Waals surface area contributed by atoms with E-state index in [1.54, 1.807) is 6.07 Å². The summed E-state index contributed by atoms with van der Waals surface area (Å²) in [6.45, 7) is 1.20. The molecule has 0 aliphatic heterocycles. The topological polar surface area (TPSA) is 70.5 Å². The van der Waals surface area contributed by atoms with Crippen molar-refractivity contribution in [2.24, 2.45) is 0 Å². The number of anilines is 2. The Morgan fingerprint density at radius 2 is 1.42 bits per heavy atom. The molecule has 2 aromatic rings. The van der Waals surface area contributed by atoms with Gasteiger partial charge in [-0.1, -0.05) is 6.07 Å². The third-order valence-electron chi connectivity index (χ3n) is 2.56. The molecule has 4 N–H and O–H groups in total. The molecule has 2 rings (SSSR count). The van der Waals surface area contributed by atoms with Gasteiger partial charge in [-0.25, -0.2) is 0 Å². The van der Waals surface area contributed by atoms with Crippen molar-refractivity contribution in [3.8, 4) is 11.5 Å². The van der Waals surface area contributed by atoms with E-state index in [9.17, 15) is 0 Å². The van der Waals surface area contributed by atoms with Crippen LogP contribution >= 0.6 is 0 Å². The lowest BCUT2D eigenvalue weighted by Gasteiger charge is -2.08. The van der Waals surface area contributed by atoms with Gasteiger partial charge in [-0.15, -0.1) is 0 Å². The van der Waals surface area contributed by atoms with E-state index in [2.05, 4.69) is 0 Å². The molecule has 0 amide bonds. The highest BCUT2D eigenvalue weighted by Crippen LogP contribution is 2.15. The normalized spacial score (nSPS) is 10.1. The van der Waals surface area contributed by atoms with Crippen molar-refractivity contribution in [3.63, 3.8) is 0 Å². The fourth-order valence-electron chi connectivity index (χ4n) is 1.61. The molecule has 2 aromatic carbocycles. The van der Waals surface area contributed by atoms with E-state index in [0.29, 0.717) is 18.9 Å². The smallest absolute Gasteiger partial charge is 0.121 e. The standard InChI is InChI=1S/C15H18N2O2/c16-12-5-7-14(8-6-12)18-9-2-10-19-15-4-1-3-13(17)11-15/h1,3-8,11H,2,9-10,16-17H2. The van der Waals surface area contributed by atoms with E-state index >= 15 is 0 Å². The summed E-state index contributed by atoms with van der Waals surface area (Å²) in [5.41, 5.74) is 12.7. The van der Waals surface area contributed by atoms with E-state index in [-0.39, 0.29) is 0 Å². The van der Waals surface area contributed by atoms with Crippen molar-refractivity contribution in [2.45, 2.75) is 6.42 Å². The van der Waals surface area contributed by atoms with Gasteiger partial charge in [-0.2, -0.15) is 0 Å². The van der Waals surface area contributed by atoms with Gasteiger partial charge in [-0.3, -0.25) is 0 Å². The van der Waals surface area contributed by atoms with Crippen LogP contribution < -0.4 is 20.9 Å². The van der Waals surface area contributed by atoms with Crippen molar-refractivity contribution >= 4 is 11.4 Å². The molecule has 100 valence electrons. The summed E-state index contributed by atoms with van der Waals surface area (Å²) < 4.78 is 11.1. The zero-order chi connectivity index (χ0) is 13.5. The highest BCUT2D eigenvalue weighted by Gasteiger charge is 1.96. The number of nitrogen functional groups attached to an aromatic ring is 2. The first kappa shape index (κ1) is 13.1. The highest BCUT2D eigenvalue weighted by molar-refractivity contribution is 5.43. The van der Waals surface area contributed by atoms with Crippen LogP contribution in [0.1, 0.15) is 6.42 Å². The molecule has 0 spiro atoms. The largest absolute Gasteiger partial charge is 0.493 e. The average Bonchev–Trinajstić information content (AvgIpc) is 2.41. The Morgan fingerprint density at radius 3 is 2.11 bits per heavy atom. The maximum atomic E-state index is 5.66. The van der Waals surface area contributed by atoms with E-state index in [0.717, 1.165) is 23.6 Å². The maximum Gasteiger partial charge on any atom is 0.121 e. The predicted molar refractivity (Wildman–Crippen MR) is 77.3 cm³/mol. The van der Waals surface area contributed by atoms with Gasteiger partial charge < -0.3 is 20.9 Å². The molecule has 4 nitrogen and oxygen atoms in total. The van der Waals surface area contributed by atoms with Gasteiger partial charge in [0, 0.05) is 23.9 Å². The first-order valence-electron chi connectivity index (χ1n) is 6.21. The van der Waals surface area contributed by atoms with Crippen molar-refractivity contribution in [2.75, 3.05) is 24.7 Å². The molecule has 0 saturated carbocycles. The summed E-state index contributed by atoms with van der Waals surface area (Å²) in [5, 5.41) is 0. The van der Waals surface area contributed by atoms with Gasteiger partial charge in [0.25, 0.3) is 0 Å². The number of rotatable bonds is 6. The van der Waals surface area contributed by atoms with Crippen LogP contribution in [0, 0.1) is 0 Å². The Labute approximate surface area is 112 Å². The highest BCUT2D eigenvalue weighted by atomic mass is 16.5. The molecule has 4 heteroatoms. The zero-order valence-electron chi connectivity index (χ0n) is 10.7. The summed E-state index contributed by atoms with van der Waals surface area (Å²) in [4.78, 5) is 0. The number of ether oxygens (including phenoxy) is 2. The molecule has 0 aliphatic rings. The Morgan fingerprint density at radius 1 is 0.737 bits per heavy atom. The number of nitrogens with two attached hydrogens (primary N) is 2. The van der Waals surface area contributed by atoms with Crippen LogP contribution in [0.3, 0.4) is 0 Å². The van der Waals surface area contributed by atoms with Crippen molar-refractivity contribution < 1.29 is 9.47 Å². The van der Waals surface area contributed by atoms with Crippen molar-refractivity contribution in [1.29, 1.82) is 0 Å². The second-order valence-corrected chi connectivity index (χ2v) is 4.19. The van der Waals surface area contributed by atoms with Crippen LogP contribution in [-0.4, -0.2) is 13.2 Å². The van der Waals surface area contributed by atoms with Gasteiger partial charge in [0.05, 0.1) is 13.2 Å². The van der Waals surface area contributed by atoms with E-state index in [4.69, 9.17) is 20.9 Å². The molecular formula is C15H18N2O2. The molecule has 0 radical (unpaired) electrons. The van der Waals surface area contributed by atoms with E-state index < -0.39 is 0 Å². The molecule has 0 fully saturated rings.